The Bertz CT molecular complexity index is 809. The molecule has 0 atom stereocenters. The number of nitro benzene ring substituents is 1. The summed E-state index contributed by atoms with van der Waals surface area (Å²) in [5, 5.41) is 14.8. The maximum Gasteiger partial charge on any atom is 0.292 e. The number of piperazine rings is 1. The maximum atomic E-state index is 12.2. The number of piperidine rings is 1. The molecule has 164 valence electrons. The SMILES string of the molecule is CC(C)(C)C(=O)NC(=S)N1CCN(c2ccc([N+](=O)[O-])c(N3CCCCC3)c2)CC1. The molecule has 1 aromatic carbocycles. The number of carbonyl (C=O) groups is 1. The van der Waals surface area contributed by atoms with E-state index in [2.05, 4.69) is 15.1 Å². The van der Waals surface area contributed by atoms with Crippen LogP contribution in [0.25, 0.3) is 0 Å². The number of hydrogen-bond acceptors (Lipinski definition) is 6. The van der Waals surface area contributed by atoms with E-state index in [0.29, 0.717) is 23.9 Å². The minimum Gasteiger partial charge on any atom is -0.368 e. The van der Waals surface area contributed by atoms with Crippen molar-refractivity contribution in [2.24, 2.45) is 5.41 Å². The molecule has 0 aromatic heterocycles. The van der Waals surface area contributed by atoms with Crippen LogP contribution in [0.2, 0.25) is 0 Å². The highest BCUT2D eigenvalue weighted by molar-refractivity contribution is 7.80. The molecule has 0 spiro atoms. The van der Waals surface area contributed by atoms with E-state index >= 15 is 0 Å². The lowest BCUT2D eigenvalue weighted by Gasteiger charge is -2.38. The molecule has 0 aliphatic carbocycles. The highest BCUT2D eigenvalue weighted by Crippen LogP contribution is 2.34. The number of hydrogen-bond donors (Lipinski definition) is 1. The van der Waals surface area contributed by atoms with Gasteiger partial charge in [0.05, 0.1) is 4.92 Å². The predicted octanol–water partition coefficient (Wildman–Crippen LogP) is 3.15. The summed E-state index contributed by atoms with van der Waals surface area (Å²) in [5.41, 5.74) is 1.39. The van der Waals surface area contributed by atoms with Crippen molar-refractivity contribution in [2.45, 2.75) is 40.0 Å². The fourth-order valence-electron chi connectivity index (χ4n) is 3.78. The van der Waals surface area contributed by atoms with E-state index in [-0.39, 0.29) is 16.5 Å². The second-order valence-corrected chi connectivity index (χ2v) is 9.35. The summed E-state index contributed by atoms with van der Waals surface area (Å²) in [6.07, 6.45) is 3.31. The molecule has 2 fully saturated rings. The summed E-state index contributed by atoms with van der Waals surface area (Å²) < 4.78 is 0. The number of anilines is 2. The smallest absolute Gasteiger partial charge is 0.292 e. The number of nitrogens with zero attached hydrogens (tertiary/aromatic N) is 4. The standard InChI is InChI=1S/C21H31N5O3S/c1-21(2,3)19(27)22-20(30)25-13-11-23(12-14-25)16-7-8-17(26(28)29)18(15-16)24-9-5-4-6-10-24/h7-8,15H,4-6,9-14H2,1-3H3,(H,22,27,30). The molecular formula is C21H31N5O3S. The first kappa shape index (κ1) is 22.3. The van der Waals surface area contributed by atoms with Gasteiger partial charge < -0.3 is 20.0 Å². The normalized spacial score (nSPS) is 17.6. The van der Waals surface area contributed by atoms with Crippen LogP contribution in [0.1, 0.15) is 40.0 Å². The number of amides is 1. The second kappa shape index (κ2) is 9.16. The Morgan fingerprint density at radius 2 is 1.67 bits per heavy atom. The number of nitrogens with one attached hydrogen (secondary N) is 1. The maximum absolute atomic E-state index is 12.2. The Hall–Kier alpha value is -2.42. The molecule has 1 N–H and O–H groups in total. The zero-order valence-electron chi connectivity index (χ0n) is 18.0. The third-order valence-corrected chi connectivity index (χ3v) is 6.05. The number of thiocarbonyl (C=S) groups is 1. The van der Waals surface area contributed by atoms with E-state index in [1.807, 2.05) is 37.8 Å². The molecule has 9 heteroatoms. The van der Waals surface area contributed by atoms with E-state index in [0.717, 1.165) is 44.7 Å². The van der Waals surface area contributed by atoms with Crippen LogP contribution < -0.4 is 15.1 Å². The number of carbonyl (C=O) groups excluding carboxylic acids is 1. The van der Waals surface area contributed by atoms with Gasteiger partial charge in [-0.3, -0.25) is 14.9 Å². The van der Waals surface area contributed by atoms with Crippen LogP contribution in [-0.4, -0.2) is 60.1 Å². The van der Waals surface area contributed by atoms with Gasteiger partial charge >= 0.3 is 0 Å². The fourth-order valence-corrected chi connectivity index (χ4v) is 4.06. The lowest BCUT2D eigenvalue weighted by Crippen LogP contribution is -2.54. The number of rotatable bonds is 3. The summed E-state index contributed by atoms with van der Waals surface area (Å²) >= 11 is 5.42. The molecule has 2 aliphatic heterocycles. The van der Waals surface area contributed by atoms with Gasteiger partial charge in [0.2, 0.25) is 5.91 Å². The van der Waals surface area contributed by atoms with Gasteiger partial charge in [-0.1, -0.05) is 20.8 Å². The highest BCUT2D eigenvalue weighted by Gasteiger charge is 2.27. The van der Waals surface area contributed by atoms with Gasteiger partial charge in [-0.05, 0) is 43.6 Å². The van der Waals surface area contributed by atoms with Crippen LogP contribution in [0.3, 0.4) is 0 Å². The average molecular weight is 434 g/mol. The van der Waals surface area contributed by atoms with Gasteiger partial charge in [0.25, 0.3) is 5.69 Å². The quantitative estimate of drug-likeness (QED) is 0.445. The molecule has 1 amide bonds. The predicted molar refractivity (Wildman–Crippen MR) is 123 cm³/mol. The van der Waals surface area contributed by atoms with Crippen LogP contribution in [-0.2, 0) is 4.79 Å². The molecule has 30 heavy (non-hydrogen) atoms. The van der Waals surface area contributed by atoms with E-state index in [1.54, 1.807) is 6.07 Å². The van der Waals surface area contributed by atoms with Gasteiger partial charge in [-0.15, -0.1) is 0 Å². The molecule has 0 unspecified atom stereocenters. The third kappa shape index (κ3) is 5.19. The molecule has 8 nitrogen and oxygen atoms in total. The summed E-state index contributed by atoms with van der Waals surface area (Å²) in [4.78, 5) is 29.8. The first-order valence-electron chi connectivity index (χ1n) is 10.6. The molecule has 0 bridgehead atoms. The largest absolute Gasteiger partial charge is 0.368 e. The van der Waals surface area contributed by atoms with Crippen LogP contribution >= 0.6 is 12.2 Å². The fraction of sp³-hybridized carbons (Fsp3) is 0.619. The van der Waals surface area contributed by atoms with Gasteiger partial charge in [0.15, 0.2) is 5.11 Å². The van der Waals surface area contributed by atoms with Gasteiger partial charge in [0.1, 0.15) is 5.69 Å². The zero-order chi connectivity index (χ0) is 21.9. The van der Waals surface area contributed by atoms with Gasteiger partial charge in [0, 0.05) is 56.4 Å². The van der Waals surface area contributed by atoms with E-state index < -0.39 is 5.41 Å². The Morgan fingerprint density at radius 3 is 2.23 bits per heavy atom. The van der Waals surface area contributed by atoms with Crippen molar-refractivity contribution >= 4 is 40.3 Å². The van der Waals surface area contributed by atoms with E-state index in [9.17, 15) is 14.9 Å². The molecule has 2 aliphatic rings. The van der Waals surface area contributed by atoms with Crippen LogP contribution in [0.5, 0.6) is 0 Å². The van der Waals surface area contributed by atoms with E-state index in [1.165, 1.54) is 6.42 Å². The highest BCUT2D eigenvalue weighted by atomic mass is 32.1. The van der Waals surface area contributed by atoms with Gasteiger partial charge in [-0.2, -0.15) is 0 Å². The molecule has 2 heterocycles. The van der Waals surface area contributed by atoms with Gasteiger partial charge in [-0.25, -0.2) is 0 Å². The minimum absolute atomic E-state index is 0.0866. The van der Waals surface area contributed by atoms with Crippen molar-refractivity contribution < 1.29 is 9.72 Å². The third-order valence-electron chi connectivity index (χ3n) is 5.69. The van der Waals surface area contributed by atoms with Crippen molar-refractivity contribution in [1.29, 1.82) is 0 Å². The van der Waals surface area contributed by atoms with Crippen molar-refractivity contribution in [1.82, 2.24) is 10.2 Å². The van der Waals surface area contributed by atoms with Crippen LogP contribution in [0.15, 0.2) is 18.2 Å². The Kier molecular flexibility index (Phi) is 6.80. The molecule has 0 saturated carbocycles. The Labute approximate surface area is 183 Å². The summed E-state index contributed by atoms with van der Waals surface area (Å²) in [7, 11) is 0. The first-order chi connectivity index (χ1) is 14.2. The topological polar surface area (TPSA) is 82.0 Å². The van der Waals surface area contributed by atoms with Crippen molar-refractivity contribution in [2.75, 3.05) is 49.1 Å². The Balaban J connectivity index is 1.67. The molecule has 2 saturated heterocycles. The summed E-state index contributed by atoms with van der Waals surface area (Å²) in [6.45, 7) is 10.2. The lowest BCUT2D eigenvalue weighted by molar-refractivity contribution is -0.384. The van der Waals surface area contributed by atoms with E-state index in [4.69, 9.17) is 12.2 Å². The zero-order valence-corrected chi connectivity index (χ0v) is 18.8. The van der Waals surface area contributed by atoms with Crippen LogP contribution in [0, 0.1) is 15.5 Å². The summed E-state index contributed by atoms with van der Waals surface area (Å²) in [6, 6.07) is 5.42. The molecule has 0 radical (unpaired) electrons. The number of benzene rings is 1. The van der Waals surface area contributed by atoms with Crippen molar-refractivity contribution in [3.8, 4) is 0 Å². The molecule has 3 rings (SSSR count). The van der Waals surface area contributed by atoms with Crippen molar-refractivity contribution in [3.05, 3.63) is 28.3 Å². The van der Waals surface area contributed by atoms with Crippen molar-refractivity contribution in [3.63, 3.8) is 0 Å². The summed E-state index contributed by atoms with van der Waals surface area (Å²) in [5.74, 6) is -0.0866. The molecular weight excluding hydrogens is 402 g/mol. The Morgan fingerprint density at radius 1 is 1.03 bits per heavy atom. The monoisotopic (exact) mass is 433 g/mol. The number of nitro groups is 1. The lowest BCUT2D eigenvalue weighted by atomic mass is 9.96. The second-order valence-electron chi connectivity index (χ2n) is 8.96. The van der Waals surface area contributed by atoms with Crippen LogP contribution in [0.4, 0.5) is 17.1 Å². The molecule has 1 aromatic rings. The minimum atomic E-state index is -0.491. The first-order valence-corrected chi connectivity index (χ1v) is 11.0. The average Bonchev–Trinajstić information content (AvgIpc) is 2.73.